The van der Waals surface area contributed by atoms with E-state index >= 15 is 0 Å². The fourth-order valence-electron chi connectivity index (χ4n) is 2.80. The fraction of sp³-hybridized carbons (Fsp3) is 0.263. The zero-order valence-electron chi connectivity index (χ0n) is 14.6. The molecular weight excluding hydrogens is 354 g/mol. The van der Waals surface area contributed by atoms with Crippen molar-refractivity contribution < 1.29 is 18.4 Å². The third-order valence-electron chi connectivity index (χ3n) is 4.26. The highest BCUT2D eigenvalue weighted by Gasteiger charge is 2.22. The van der Waals surface area contributed by atoms with E-state index in [9.17, 15) is 18.4 Å². The Hall–Kier alpha value is -3.16. The number of nitrogens with one attached hydrogen (secondary N) is 2. The van der Waals surface area contributed by atoms with Crippen LogP contribution in [0, 0.1) is 11.6 Å². The summed E-state index contributed by atoms with van der Waals surface area (Å²) in [6.45, 7) is 1.77. The summed E-state index contributed by atoms with van der Waals surface area (Å²) >= 11 is 0. The molecule has 1 fully saturated rings. The Kier molecular flexibility index (Phi) is 5.85. The lowest BCUT2D eigenvalue weighted by molar-refractivity contribution is 0.205. The molecule has 0 aromatic heterocycles. The number of carbonyl (C=O) groups is 2. The van der Waals surface area contributed by atoms with Crippen LogP contribution >= 0.6 is 0 Å². The van der Waals surface area contributed by atoms with Crippen molar-refractivity contribution in [3.05, 3.63) is 60.2 Å². The number of amides is 4. The number of benzene rings is 2. The summed E-state index contributed by atoms with van der Waals surface area (Å²) in [6.07, 6.45) is 0.633. The van der Waals surface area contributed by atoms with Crippen LogP contribution in [-0.4, -0.2) is 48.0 Å². The van der Waals surface area contributed by atoms with Gasteiger partial charge in [0.05, 0.1) is 0 Å². The van der Waals surface area contributed by atoms with E-state index in [1.807, 2.05) is 0 Å². The van der Waals surface area contributed by atoms with Gasteiger partial charge in [-0.2, -0.15) is 0 Å². The molecule has 4 amide bonds. The van der Waals surface area contributed by atoms with Crippen LogP contribution in [0.1, 0.15) is 6.42 Å². The van der Waals surface area contributed by atoms with Crippen LogP contribution < -0.4 is 10.6 Å². The topological polar surface area (TPSA) is 64.7 Å². The van der Waals surface area contributed by atoms with Crippen molar-refractivity contribution in [3.63, 3.8) is 0 Å². The van der Waals surface area contributed by atoms with Crippen molar-refractivity contribution in [1.29, 1.82) is 0 Å². The van der Waals surface area contributed by atoms with Crippen molar-refractivity contribution in [2.75, 3.05) is 36.8 Å². The molecule has 1 aliphatic rings. The van der Waals surface area contributed by atoms with E-state index in [1.54, 1.807) is 9.80 Å². The second kappa shape index (κ2) is 8.48. The third kappa shape index (κ3) is 5.16. The van der Waals surface area contributed by atoms with E-state index in [2.05, 4.69) is 10.6 Å². The summed E-state index contributed by atoms with van der Waals surface area (Å²) < 4.78 is 25.9. The molecule has 1 heterocycles. The molecule has 0 saturated carbocycles. The van der Waals surface area contributed by atoms with Gasteiger partial charge in [0.1, 0.15) is 11.6 Å². The molecule has 2 aromatic carbocycles. The molecule has 142 valence electrons. The van der Waals surface area contributed by atoms with Gasteiger partial charge in [-0.1, -0.05) is 0 Å². The average molecular weight is 374 g/mol. The maximum Gasteiger partial charge on any atom is 0.321 e. The Balaban J connectivity index is 1.53. The molecule has 0 spiro atoms. The summed E-state index contributed by atoms with van der Waals surface area (Å²) in [5.41, 5.74) is 1.02. The maximum absolute atomic E-state index is 12.9. The van der Waals surface area contributed by atoms with Crippen LogP contribution in [-0.2, 0) is 0 Å². The van der Waals surface area contributed by atoms with E-state index in [0.29, 0.717) is 44.0 Å². The Labute approximate surface area is 155 Å². The Morgan fingerprint density at radius 3 is 1.41 bits per heavy atom. The number of nitrogens with zero attached hydrogens (tertiary/aromatic N) is 2. The maximum atomic E-state index is 12.9. The molecule has 0 aliphatic carbocycles. The lowest BCUT2D eigenvalue weighted by Gasteiger charge is -2.22. The zero-order chi connectivity index (χ0) is 19.2. The van der Waals surface area contributed by atoms with E-state index in [0.717, 1.165) is 0 Å². The quantitative estimate of drug-likeness (QED) is 0.841. The average Bonchev–Trinajstić information content (AvgIpc) is 2.92. The highest BCUT2D eigenvalue weighted by molar-refractivity contribution is 5.90. The van der Waals surface area contributed by atoms with E-state index in [4.69, 9.17) is 0 Å². The fourth-order valence-corrected chi connectivity index (χ4v) is 2.80. The first-order valence-corrected chi connectivity index (χ1v) is 8.64. The molecule has 1 saturated heterocycles. The minimum Gasteiger partial charge on any atom is -0.323 e. The molecule has 0 atom stereocenters. The van der Waals surface area contributed by atoms with Gasteiger partial charge in [0.2, 0.25) is 0 Å². The lowest BCUT2D eigenvalue weighted by atomic mass is 10.3. The van der Waals surface area contributed by atoms with Crippen molar-refractivity contribution in [1.82, 2.24) is 9.80 Å². The van der Waals surface area contributed by atoms with Gasteiger partial charge in [0.15, 0.2) is 0 Å². The Morgan fingerprint density at radius 2 is 1.04 bits per heavy atom. The van der Waals surface area contributed by atoms with Crippen molar-refractivity contribution in [2.24, 2.45) is 0 Å². The molecule has 0 bridgehead atoms. The molecule has 2 aromatic rings. The molecule has 0 radical (unpaired) electrons. The van der Waals surface area contributed by atoms with Crippen molar-refractivity contribution in [3.8, 4) is 0 Å². The first-order chi connectivity index (χ1) is 13.0. The number of hydrogen-bond donors (Lipinski definition) is 2. The summed E-state index contributed by atoms with van der Waals surface area (Å²) in [5.74, 6) is -0.740. The van der Waals surface area contributed by atoms with Gasteiger partial charge in [0, 0.05) is 37.6 Å². The highest BCUT2D eigenvalue weighted by atomic mass is 19.1. The van der Waals surface area contributed by atoms with Crippen LogP contribution in [0.5, 0.6) is 0 Å². The van der Waals surface area contributed by atoms with Gasteiger partial charge >= 0.3 is 12.1 Å². The number of carbonyl (C=O) groups excluding carboxylic acids is 2. The van der Waals surface area contributed by atoms with Crippen molar-refractivity contribution >= 4 is 23.4 Å². The SMILES string of the molecule is O=C(Nc1ccc(F)cc1)N1CCCN(C(=O)Nc2ccc(F)cc2)CC1. The van der Waals surface area contributed by atoms with E-state index in [-0.39, 0.29) is 23.7 Å². The largest absolute Gasteiger partial charge is 0.323 e. The first kappa shape index (κ1) is 18.6. The van der Waals surface area contributed by atoms with Crippen LogP contribution in [0.25, 0.3) is 0 Å². The molecule has 3 rings (SSSR count). The molecular formula is C19H20F2N4O2. The predicted octanol–water partition coefficient (Wildman–Crippen LogP) is 3.74. The number of hydrogen-bond acceptors (Lipinski definition) is 2. The van der Waals surface area contributed by atoms with E-state index in [1.165, 1.54) is 48.5 Å². The second-order valence-corrected chi connectivity index (χ2v) is 6.20. The normalized spacial score (nSPS) is 14.4. The summed E-state index contributed by atoms with van der Waals surface area (Å²) in [4.78, 5) is 28.0. The van der Waals surface area contributed by atoms with Gasteiger partial charge in [-0.05, 0) is 55.0 Å². The number of rotatable bonds is 2. The summed E-state index contributed by atoms with van der Waals surface area (Å²) in [6, 6.07) is 10.5. The molecule has 1 aliphatic heterocycles. The molecule has 0 unspecified atom stereocenters. The number of anilines is 2. The minimum atomic E-state index is -0.370. The molecule has 6 nitrogen and oxygen atoms in total. The Morgan fingerprint density at radius 1 is 0.667 bits per heavy atom. The predicted molar refractivity (Wildman–Crippen MR) is 98.6 cm³/mol. The van der Waals surface area contributed by atoms with Gasteiger partial charge < -0.3 is 20.4 Å². The van der Waals surface area contributed by atoms with Gasteiger partial charge in [-0.25, -0.2) is 18.4 Å². The first-order valence-electron chi connectivity index (χ1n) is 8.64. The summed E-state index contributed by atoms with van der Waals surface area (Å²) in [7, 11) is 0. The minimum absolute atomic E-state index is 0.289. The third-order valence-corrected chi connectivity index (χ3v) is 4.26. The zero-order valence-corrected chi connectivity index (χ0v) is 14.6. The van der Waals surface area contributed by atoms with Gasteiger partial charge in [-0.3, -0.25) is 0 Å². The lowest BCUT2D eigenvalue weighted by Crippen LogP contribution is -2.40. The van der Waals surface area contributed by atoms with Crippen LogP contribution in [0.2, 0.25) is 0 Å². The second-order valence-electron chi connectivity index (χ2n) is 6.20. The molecule has 27 heavy (non-hydrogen) atoms. The van der Waals surface area contributed by atoms with Crippen LogP contribution in [0.3, 0.4) is 0 Å². The van der Waals surface area contributed by atoms with Gasteiger partial charge in [-0.15, -0.1) is 0 Å². The van der Waals surface area contributed by atoms with Crippen molar-refractivity contribution in [2.45, 2.75) is 6.42 Å². The van der Waals surface area contributed by atoms with Crippen LogP contribution in [0.15, 0.2) is 48.5 Å². The standard InChI is InChI=1S/C19H20F2N4O2/c20-14-2-6-16(7-3-14)22-18(26)24-10-1-11-25(13-12-24)19(27)23-17-8-4-15(21)5-9-17/h2-9H,1,10-13H2,(H,22,26)(H,23,27). The van der Waals surface area contributed by atoms with E-state index < -0.39 is 0 Å². The van der Waals surface area contributed by atoms with Gasteiger partial charge in [0.25, 0.3) is 0 Å². The monoisotopic (exact) mass is 374 g/mol. The summed E-state index contributed by atoms with van der Waals surface area (Å²) in [5, 5.41) is 5.44. The Bertz CT molecular complexity index is 729. The molecule has 8 heteroatoms. The number of halogens is 2. The number of urea groups is 2. The smallest absolute Gasteiger partial charge is 0.321 e. The molecule has 2 N–H and O–H groups in total. The highest BCUT2D eigenvalue weighted by Crippen LogP contribution is 2.13. The van der Waals surface area contributed by atoms with Crippen LogP contribution in [0.4, 0.5) is 29.7 Å².